The second-order valence-electron chi connectivity index (χ2n) is 1.98. The minimum atomic E-state index is -0.0978. The van der Waals surface area contributed by atoms with E-state index in [9.17, 15) is 4.79 Å². The summed E-state index contributed by atoms with van der Waals surface area (Å²) < 4.78 is 9.60. The summed E-state index contributed by atoms with van der Waals surface area (Å²) in [5.41, 5.74) is 0. The lowest BCUT2D eigenvalue weighted by atomic mass is 10.2. The molecule has 0 aromatic rings. The molecule has 1 aliphatic rings. The normalized spacial score (nSPS) is 17.1. The van der Waals surface area contributed by atoms with Gasteiger partial charge in [-0.3, -0.25) is 4.79 Å². The Hall–Kier alpha value is -1.32. The first-order valence-electron chi connectivity index (χ1n) is 3.17. The molecule has 0 saturated heterocycles. The first kappa shape index (κ1) is 7.78. The lowest BCUT2D eigenvalue weighted by Crippen LogP contribution is -2.12. The molecule has 1 rings (SSSR count). The van der Waals surface area contributed by atoms with E-state index in [2.05, 4.69) is 4.99 Å². The number of hydrogen-bond donors (Lipinski definition) is 0. The van der Waals surface area contributed by atoms with E-state index in [0.717, 1.165) is 0 Å². The standard InChI is InChI=1S/C7H9NO3/c1-10-6-5(9)3-4-8-7(6)11-2/h4H,3H2,1-2H3. The van der Waals surface area contributed by atoms with Gasteiger partial charge in [0.25, 0.3) is 5.88 Å². The van der Waals surface area contributed by atoms with Crippen LogP contribution in [0, 0.1) is 0 Å². The summed E-state index contributed by atoms with van der Waals surface area (Å²) in [6.45, 7) is 0. The van der Waals surface area contributed by atoms with Gasteiger partial charge >= 0.3 is 0 Å². The van der Waals surface area contributed by atoms with E-state index in [-0.39, 0.29) is 23.8 Å². The highest BCUT2D eigenvalue weighted by Gasteiger charge is 2.19. The molecule has 0 bridgehead atoms. The molecule has 0 aromatic heterocycles. The minimum absolute atomic E-state index is 0.0978. The van der Waals surface area contributed by atoms with Crippen molar-refractivity contribution in [2.75, 3.05) is 14.2 Å². The summed E-state index contributed by atoms with van der Waals surface area (Å²) in [6, 6.07) is 0. The number of allylic oxidation sites excluding steroid dienone is 1. The van der Waals surface area contributed by atoms with Gasteiger partial charge in [-0.2, -0.15) is 0 Å². The second-order valence-corrected chi connectivity index (χ2v) is 1.98. The van der Waals surface area contributed by atoms with Gasteiger partial charge in [-0.1, -0.05) is 0 Å². The van der Waals surface area contributed by atoms with Crippen molar-refractivity contribution >= 4 is 12.0 Å². The number of aliphatic imine (C=N–C) groups is 1. The zero-order valence-corrected chi connectivity index (χ0v) is 6.46. The summed E-state index contributed by atoms with van der Waals surface area (Å²) in [5.74, 6) is 0.359. The van der Waals surface area contributed by atoms with Gasteiger partial charge in [-0.05, 0) is 0 Å². The number of rotatable bonds is 2. The van der Waals surface area contributed by atoms with Gasteiger partial charge in [0.1, 0.15) is 0 Å². The highest BCUT2D eigenvalue weighted by atomic mass is 16.5. The molecule has 0 radical (unpaired) electrons. The molecule has 0 aliphatic carbocycles. The third-order valence-corrected chi connectivity index (χ3v) is 1.33. The number of nitrogens with zero attached hydrogens (tertiary/aromatic N) is 1. The van der Waals surface area contributed by atoms with Crippen molar-refractivity contribution < 1.29 is 14.3 Å². The number of methoxy groups -OCH3 is 2. The maximum Gasteiger partial charge on any atom is 0.260 e. The Balaban J connectivity index is 2.95. The lowest BCUT2D eigenvalue weighted by Gasteiger charge is -2.10. The summed E-state index contributed by atoms with van der Waals surface area (Å²) in [6.07, 6.45) is 1.79. The van der Waals surface area contributed by atoms with Crippen molar-refractivity contribution in [1.82, 2.24) is 0 Å². The van der Waals surface area contributed by atoms with Crippen molar-refractivity contribution in [3.8, 4) is 0 Å². The first-order chi connectivity index (χ1) is 5.29. The fourth-order valence-corrected chi connectivity index (χ4v) is 0.829. The highest BCUT2D eigenvalue weighted by molar-refractivity contribution is 6.03. The van der Waals surface area contributed by atoms with E-state index in [0.29, 0.717) is 0 Å². The van der Waals surface area contributed by atoms with Crippen LogP contribution in [0.5, 0.6) is 0 Å². The van der Waals surface area contributed by atoms with Crippen molar-refractivity contribution in [2.24, 2.45) is 4.99 Å². The minimum Gasteiger partial charge on any atom is -0.489 e. The average molecular weight is 155 g/mol. The van der Waals surface area contributed by atoms with Crippen LogP contribution < -0.4 is 0 Å². The summed E-state index contributed by atoms with van der Waals surface area (Å²) >= 11 is 0. The van der Waals surface area contributed by atoms with E-state index < -0.39 is 0 Å². The summed E-state index contributed by atoms with van der Waals surface area (Å²) in [5, 5.41) is 0. The van der Waals surface area contributed by atoms with Crippen molar-refractivity contribution in [2.45, 2.75) is 6.42 Å². The van der Waals surface area contributed by atoms with Gasteiger partial charge in [0.2, 0.25) is 11.5 Å². The molecule has 4 heteroatoms. The van der Waals surface area contributed by atoms with Crippen molar-refractivity contribution in [3.05, 3.63) is 11.6 Å². The largest absolute Gasteiger partial charge is 0.489 e. The highest BCUT2D eigenvalue weighted by Crippen LogP contribution is 2.13. The van der Waals surface area contributed by atoms with Crippen LogP contribution in [0.1, 0.15) is 6.42 Å². The molecule has 0 fully saturated rings. The Bertz CT molecular complexity index is 230. The number of carbonyl (C=O) groups excluding carboxylic acids is 1. The first-order valence-corrected chi connectivity index (χ1v) is 3.17. The van der Waals surface area contributed by atoms with Crippen LogP contribution in [0.2, 0.25) is 0 Å². The molecule has 0 N–H and O–H groups in total. The molecular formula is C7H9NO3. The number of Topliss-reactive ketones (excluding diaryl/α,β-unsaturated/α-hetero) is 1. The summed E-state index contributed by atoms with van der Waals surface area (Å²) in [4.78, 5) is 14.9. The van der Waals surface area contributed by atoms with Gasteiger partial charge in [-0.25, -0.2) is 4.99 Å². The van der Waals surface area contributed by atoms with Crippen LogP contribution in [-0.2, 0) is 14.3 Å². The number of carbonyl (C=O) groups is 1. The van der Waals surface area contributed by atoms with Gasteiger partial charge in [0.15, 0.2) is 0 Å². The molecule has 0 atom stereocenters. The van der Waals surface area contributed by atoms with E-state index in [1.165, 1.54) is 20.4 Å². The number of hydrogen-bond acceptors (Lipinski definition) is 4. The van der Waals surface area contributed by atoms with Crippen molar-refractivity contribution in [3.63, 3.8) is 0 Å². The SMILES string of the molecule is COC1=C(OC)C(=O)CC=N1. The van der Waals surface area contributed by atoms with E-state index in [1.54, 1.807) is 0 Å². The topological polar surface area (TPSA) is 47.9 Å². The molecule has 0 saturated carbocycles. The van der Waals surface area contributed by atoms with Gasteiger partial charge in [-0.15, -0.1) is 0 Å². The van der Waals surface area contributed by atoms with Crippen molar-refractivity contribution in [1.29, 1.82) is 0 Å². The van der Waals surface area contributed by atoms with Gasteiger partial charge in [0.05, 0.1) is 20.6 Å². The Kier molecular flexibility index (Phi) is 2.25. The Morgan fingerprint density at radius 3 is 2.64 bits per heavy atom. The molecule has 1 aliphatic heterocycles. The molecular weight excluding hydrogens is 146 g/mol. The molecule has 0 amide bonds. The monoisotopic (exact) mass is 155 g/mol. The molecule has 4 nitrogen and oxygen atoms in total. The van der Waals surface area contributed by atoms with Crippen LogP contribution >= 0.6 is 0 Å². The Morgan fingerprint density at radius 2 is 2.18 bits per heavy atom. The third kappa shape index (κ3) is 1.39. The summed E-state index contributed by atoms with van der Waals surface area (Å²) in [7, 11) is 2.87. The number of ketones is 1. The van der Waals surface area contributed by atoms with Crippen LogP contribution in [0.15, 0.2) is 16.6 Å². The number of ether oxygens (including phenoxy) is 2. The molecule has 60 valence electrons. The fourth-order valence-electron chi connectivity index (χ4n) is 0.829. The zero-order chi connectivity index (χ0) is 8.27. The predicted molar refractivity (Wildman–Crippen MR) is 39.2 cm³/mol. The average Bonchev–Trinajstić information content (AvgIpc) is 2.04. The van der Waals surface area contributed by atoms with Crippen LogP contribution in [0.4, 0.5) is 0 Å². The molecule has 0 aromatic carbocycles. The van der Waals surface area contributed by atoms with Gasteiger partial charge < -0.3 is 9.47 Å². The third-order valence-electron chi connectivity index (χ3n) is 1.33. The van der Waals surface area contributed by atoms with Crippen LogP contribution in [0.25, 0.3) is 0 Å². The molecule has 1 heterocycles. The quantitative estimate of drug-likeness (QED) is 0.583. The smallest absolute Gasteiger partial charge is 0.260 e. The van der Waals surface area contributed by atoms with E-state index >= 15 is 0 Å². The maximum atomic E-state index is 11.0. The Morgan fingerprint density at radius 1 is 1.45 bits per heavy atom. The zero-order valence-electron chi connectivity index (χ0n) is 6.46. The second kappa shape index (κ2) is 3.18. The lowest BCUT2D eigenvalue weighted by molar-refractivity contribution is -0.117. The van der Waals surface area contributed by atoms with Gasteiger partial charge in [0, 0.05) is 6.21 Å². The van der Waals surface area contributed by atoms with Crippen LogP contribution in [0.3, 0.4) is 0 Å². The molecule has 0 spiro atoms. The van der Waals surface area contributed by atoms with E-state index in [1.807, 2.05) is 0 Å². The molecule has 11 heavy (non-hydrogen) atoms. The molecule has 0 unspecified atom stereocenters. The maximum absolute atomic E-state index is 11.0. The van der Waals surface area contributed by atoms with E-state index in [4.69, 9.17) is 9.47 Å². The van der Waals surface area contributed by atoms with Crippen LogP contribution in [-0.4, -0.2) is 26.2 Å². The Labute approximate surface area is 64.5 Å². The predicted octanol–water partition coefficient (Wildman–Crippen LogP) is 0.492. The fraction of sp³-hybridized carbons (Fsp3) is 0.429.